The van der Waals surface area contributed by atoms with Crippen LogP contribution in [0.25, 0.3) is 10.9 Å². The molecule has 0 saturated carbocycles. The third-order valence-electron chi connectivity index (χ3n) is 4.77. The summed E-state index contributed by atoms with van der Waals surface area (Å²) >= 11 is 0. The summed E-state index contributed by atoms with van der Waals surface area (Å²) in [5.41, 5.74) is 5.82. The lowest BCUT2D eigenvalue weighted by molar-refractivity contribution is 0.0706. The van der Waals surface area contributed by atoms with Gasteiger partial charge in [-0.15, -0.1) is 0 Å². The van der Waals surface area contributed by atoms with Crippen molar-refractivity contribution in [2.45, 2.75) is 19.5 Å². The fourth-order valence-corrected chi connectivity index (χ4v) is 3.51. The molecule has 1 aliphatic heterocycles. The van der Waals surface area contributed by atoms with E-state index in [1.54, 1.807) is 6.07 Å². The minimum atomic E-state index is -0.717. The van der Waals surface area contributed by atoms with Crippen molar-refractivity contribution >= 4 is 16.8 Å². The number of carbonyl (C=O) groups is 1. The largest absolute Gasteiger partial charge is 0.357 e. The van der Waals surface area contributed by atoms with E-state index in [2.05, 4.69) is 22.0 Å². The molecule has 0 atom stereocenters. The average Bonchev–Trinajstić information content (AvgIpc) is 3.00. The number of hydroxylamine groups is 1. The van der Waals surface area contributed by atoms with Gasteiger partial charge in [-0.05, 0) is 30.2 Å². The lowest BCUT2D eigenvalue weighted by Crippen LogP contribution is -2.30. The van der Waals surface area contributed by atoms with Crippen LogP contribution in [0.5, 0.6) is 0 Å². The zero-order valence-electron chi connectivity index (χ0n) is 13.6. The van der Waals surface area contributed by atoms with E-state index in [0.29, 0.717) is 12.1 Å². The first kappa shape index (κ1) is 15.8. The maximum absolute atomic E-state index is 14.3. The Balaban J connectivity index is 1.54. The van der Waals surface area contributed by atoms with Crippen LogP contribution in [-0.2, 0) is 19.5 Å². The van der Waals surface area contributed by atoms with Crippen LogP contribution in [0, 0.1) is 5.82 Å². The molecule has 0 fully saturated rings. The van der Waals surface area contributed by atoms with Gasteiger partial charge in [0.15, 0.2) is 0 Å². The van der Waals surface area contributed by atoms with Crippen LogP contribution in [0.2, 0.25) is 0 Å². The molecular weight excluding hydrogens is 321 g/mol. The zero-order valence-corrected chi connectivity index (χ0v) is 13.6. The van der Waals surface area contributed by atoms with Crippen LogP contribution in [0.4, 0.5) is 4.39 Å². The molecule has 25 heavy (non-hydrogen) atoms. The SMILES string of the molecule is O=C(NO)c1ccc(CN2CCc3c([nH]c4ccccc34)C2)c(F)c1. The molecule has 3 N–H and O–H groups in total. The van der Waals surface area contributed by atoms with Gasteiger partial charge in [-0.25, -0.2) is 9.87 Å². The topological polar surface area (TPSA) is 68.4 Å². The second-order valence-corrected chi connectivity index (χ2v) is 6.34. The van der Waals surface area contributed by atoms with Crippen molar-refractivity contribution in [3.8, 4) is 0 Å². The smallest absolute Gasteiger partial charge is 0.274 e. The summed E-state index contributed by atoms with van der Waals surface area (Å²) in [4.78, 5) is 17.0. The molecule has 0 saturated heterocycles. The van der Waals surface area contributed by atoms with Crippen LogP contribution in [-0.4, -0.2) is 27.5 Å². The van der Waals surface area contributed by atoms with Gasteiger partial charge >= 0.3 is 0 Å². The van der Waals surface area contributed by atoms with E-state index in [-0.39, 0.29) is 5.56 Å². The molecule has 0 unspecified atom stereocenters. The molecule has 0 aliphatic carbocycles. The Morgan fingerprint density at radius 2 is 2.12 bits per heavy atom. The van der Waals surface area contributed by atoms with Crippen LogP contribution in [0.3, 0.4) is 0 Å². The summed E-state index contributed by atoms with van der Waals surface area (Å²) in [6.45, 7) is 2.07. The first-order valence-electron chi connectivity index (χ1n) is 8.19. The van der Waals surface area contributed by atoms with Crippen molar-refractivity contribution in [1.29, 1.82) is 0 Å². The fourth-order valence-electron chi connectivity index (χ4n) is 3.51. The van der Waals surface area contributed by atoms with Crippen molar-refractivity contribution in [3.63, 3.8) is 0 Å². The number of aromatic amines is 1. The number of hydrogen-bond donors (Lipinski definition) is 3. The van der Waals surface area contributed by atoms with Gasteiger partial charge in [-0.2, -0.15) is 0 Å². The van der Waals surface area contributed by atoms with Crippen LogP contribution in [0.1, 0.15) is 27.2 Å². The normalized spacial score (nSPS) is 14.5. The first-order valence-corrected chi connectivity index (χ1v) is 8.19. The number of carbonyl (C=O) groups excluding carboxylic acids is 1. The molecule has 2 heterocycles. The quantitative estimate of drug-likeness (QED) is 0.508. The molecule has 6 heteroatoms. The number of halogens is 1. The summed E-state index contributed by atoms with van der Waals surface area (Å²) in [6.07, 6.45) is 0.923. The van der Waals surface area contributed by atoms with Crippen LogP contribution < -0.4 is 5.48 Å². The molecule has 0 bridgehead atoms. The molecule has 2 aromatic carbocycles. The Morgan fingerprint density at radius 3 is 2.92 bits per heavy atom. The minimum absolute atomic E-state index is 0.0975. The van der Waals surface area contributed by atoms with Crippen LogP contribution in [0.15, 0.2) is 42.5 Å². The highest BCUT2D eigenvalue weighted by Gasteiger charge is 2.21. The molecule has 0 radical (unpaired) electrons. The number of para-hydroxylation sites is 1. The molecule has 5 nitrogen and oxygen atoms in total. The van der Waals surface area contributed by atoms with E-state index in [4.69, 9.17) is 5.21 Å². The second-order valence-electron chi connectivity index (χ2n) is 6.34. The van der Waals surface area contributed by atoms with E-state index < -0.39 is 11.7 Å². The van der Waals surface area contributed by atoms with E-state index in [1.165, 1.54) is 28.2 Å². The number of nitrogens with one attached hydrogen (secondary N) is 2. The number of hydrogen-bond acceptors (Lipinski definition) is 3. The summed E-state index contributed by atoms with van der Waals surface area (Å²) in [5, 5.41) is 9.90. The number of nitrogens with zero attached hydrogens (tertiary/aromatic N) is 1. The number of aromatic nitrogens is 1. The van der Waals surface area contributed by atoms with Crippen molar-refractivity contribution in [3.05, 3.63) is 70.7 Å². The van der Waals surface area contributed by atoms with Crippen molar-refractivity contribution in [2.24, 2.45) is 0 Å². The molecule has 3 aromatic rings. The Morgan fingerprint density at radius 1 is 1.28 bits per heavy atom. The van der Waals surface area contributed by atoms with Crippen molar-refractivity contribution in [2.75, 3.05) is 6.54 Å². The Labute approximate surface area is 144 Å². The van der Waals surface area contributed by atoms with Gasteiger partial charge in [0, 0.05) is 47.4 Å². The van der Waals surface area contributed by atoms with E-state index in [9.17, 15) is 9.18 Å². The van der Waals surface area contributed by atoms with E-state index in [1.807, 2.05) is 12.1 Å². The summed E-state index contributed by atoms with van der Waals surface area (Å²) < 4.78 is 14.3. The lowest BCUT2D eigenvalue weighted by Gasteiger charge is -2.27. The zero-order chi connectivity index (χ0) is 17.4. The van der Waals surface area contributed by atoms with Gasteiger partial charge in [-0.3, -0.25) is 14.9 Å². The molecule has 4 rings (SSSR count). The standard InChI is InChI=1S/C19H18FN3O2/c20-16-9-12(19(24)22-25)5-6-13(16)10-23-8-7-15-14-3-1-2-4-17(14)21-18(15)11-23/h1-6,9,21,25H,7-8,10-11H2,(H,22,24). The predicted octanol–water partition coefficient (Wildman–Crippen LogP) is 2.98. The average molecular weight is 339 g/mol. The first-order chi connectivity index (χ1) is 12.2. The third-order valence-corrected chi connectivity index (χ3v) is 4.77. The van der Waals surface area contributed by atoms with Crippen molar-refractivity contribution in [1.82, 2.24) is 15.4 Å². The third kappa shape index (κ3) is 2.90. The summed E-state index contributed by atoms with van der Waals surface area (Å²) in [6, 6.07) is 12.5. The molecule has 1 aliphatic rings. The maximum Gasteiger partial charge on any atom is 0.274 e. The lowest BCUT2D eigenvalue weighted by atomic mass is 10.0. The van der Waals surface area contributed by atoms with Gasteiger partial charge in [0.05, 0.1) is 0 Å². The highest BCUT2D eigenvalue weighted by Crippen LogP contribution is 2.28. The van der Waals surface area contributed by atoms with Gasteiger partial charge in [0.25, 0.3) is 5.91 Å². The Kier molecular flexibility index (Phi) is 3.99. The van der Waals surface area contributed by atoms with Gasteiger partial charge < -0.3 is 4.98 Å². The number of benzene rings is 2. The van der Waals surface area contributed by atoms with Gasteiger partial charge in [0.2, 0.25) is 0 Å². The van der Waals surface area contributed by atoms with E-state index in [0.717, 1.165) is 31.1 Å². The van der Waals surface area contributed by atoms with Gasteiger partial charge in [0.1, 0.15) is 5.82 Å². The summed E-state index contributed by atoms with van der Waals surface area (Å²) in [5.74, 6) is -1.16. The monoisotopic (exact) mass is 339 g/mol. The number of fused-ring (bicyclic) bond motifs is 3. The molecule has 1 amide bonds. The minimum Gasteiger partial charge on any atom is -0.357 e. The van der Waals surface area contributed by atoms with Crippen LogP contribution >= 0.6 is 0 Å². The Hall–Kier alpha value is -2.70. The molecule has 0 spiro atoms. The number of rotatable bonds is 3. The number of H-pyrrole nitrogens is 1. The summed E-state index contributed by atoms with van der Waals surface area (Å²) in [7, 11) is 0. The second kappa shape index (κ2) is 6.31. The number of amides is 1. The molecular formula is C19H18FN3O2. The predicted molar refractivity (Wildman–Crippen MR) is 91.8 cm³/mol. The highest BCUT2D eigenvalue weighted by atomic mass is 19.1. The maximum atomic E-state index is 14.3. The molecule has 1 aromatic heterocycles. The van der Waals surface area contributed by atoms with E-state index >= 15 is 0 Å². The highest BCUT2D eigenvalue weighted by molar-refractivity contribution is 5.93. The fraction of sp³-hybridized carbons (Fsp3) is 0.211. The van der Waals surface area contributed by atoms with Crippen molar-refractivity contribution < 1.29 is 14.4 Å². The van der Waals surface area contributed by atoms with Gasteiger partial charge in [-0.1, -0.05) is 24.3 Å². The Bertz CT molecular complexity index is 951. The molecule has 128 valence electrons.